The fraction of sp³-hybridized carbons (Fsp3) is 0. The van der Waals surface area contributed by atoms with Gasteiger partial charge in [-0.15, -0.1) is 0 Å². The van der Waals surface area contributed by atoms with Crippen molar-refractivity contribution in [2.45, 2.75) is 0 Å². The van der Waals surface area contributed by atoms with E-state index in [1.807, 2.05) is 30.3 Å². The van der Waals surface area contributed by atoms with Gasteiger partial charge in [0.25, 0.3) is 0 Å². The summed E-state index contributed by atoms with van der Waals surface area (Å²) in [6, 6.07) is 12.5. The van der Waals surface area contributed by atoms with Crippen molar-refractivity contribution in [2.24, 2.45) is 0 Å². The minimum absolute atomic E-state index is 0. The molecule has 0 bridgehead atoms. The molecule has 4 heteroatoms. The van der Waals surface area contributed by atoms with E-state index in [2.05, 4.69) is 6.07 Å². The summed E-state index contributed by atoms with van der Waals surface area (Å²) in [6.07, 6.45) is 0. The van der Waals surface area contributed by atoms with Crippen molar-refractivity contribution < 1.29 is 9.46 Å². The van der Waals surface area contributed by atoms with E-state index >= 15 is 0 Å². The van der Waals surface area contributed by atoms with Crippen LogP contribution < -0.4 is 0 Å². The number of rotatable bonds is 0. The smallest absolute Gasteiger partial charge is 0.358 e. The predicted octanol–water partition coefficient (Wildman–Crippen LogP) is 1.74. The molecule has 0 unspecified atom stereocenters. The van der Waals surface area contributed by atoms with Crippen LogP contribution in [0.25, 0.3) is 0 Å². The summed E-state index contributed by atoms with van der Waals surface area (Å²) < 4.78 is 8.46. The van der Waals surface area contributed by atoms with Gasteiger partial charge in [-0.05, 0) is 0 Å². The van der Waals surface area contributed by atoms with Crippen LogP contribution in [0, 0.1) is 13.5 Å². The average molecular weight is 180 g/mol. The Morgan fingerprint density at radius 2 is 1.55 bits per heavy atom. The Balaban J connectivity index is -0.000000116. The average Bonchev–Trinajstić information content (AvgIpc) is 1.93. The molecule has 0 radical (unpaired) electrons. The summed E-state index contributed by atoms with van der Waals surface area (Å²) >= 11 is 0. The van der Waals surface area contributed by atoms with E-state index in [1.54, 1.807) is 0 Å². The SMILES string of the molecule is O=PO.[CH3-].[Mg+2].[c-]1ccccc1. The van der Waals surface area contributed by atoms with E-state index in [9.17, 15) is 0 Å². The first-order valence-electron chi connectivity index (χ1n) is 2.29. The summed E-state index contributed by atoms with van der Waals surface area (Å²) in [6.45, 7) is 0. The Hall–Kier alpha value is 0.0462. The molecule has 0 saturated carbocycles. The molecular formula is C7H9MgO2P. The van der Waals surface area contributed by atoms with Gasteiger partial charge in [-0.25, -0.2) is 4.57 Å². The van der Waals surface area contributed by atoms with Crippen LogP contribution in [0.5, 0.6) is 0 Å². The molecule has 56 valence electrons. The maximum absolute atomic E-state index is 8.46. The van der Waals surface area contributed by atoms with Crippen molar-refractivity contribution in [3.8, 4) is 0 Å². The first kappa shape index (κ1) is 17.2. The van der Waals surface area contributed by atoms with Gasteiger partial charge >= 0.3 is 31.7 Å². The van der Waals surface area contributed by atoms with E-state index in [-0.39, 0.29) is 30.5 Å². The van der Waals surface area contributed by atoms with Crippen LogP contribution in [0.15, 0.2) is 30.3 Å². The topological polar surface area (TPSA) is 37.3 Å². The fourth-order valence-corrected chi connectivity index (χ4v) is 0.342. The van der Waals surface area contributed by atoms with Gasteiger partial charge in [0.2, 0.25) is 0 Å². The second-order valence-corrected chi connectivity index (χ2v) is 1.32. The Morgan fingerprint density at radius 3 is 1.64 bits per heavy atom. The van der Waals surface area contributed by atoms with E-state index in [0.29, 0.717) is 0 Å². The minimum atomic E-state index is -0.833. The second kappa shape index (κ2) is 16.6. The molecule has 0 heterocycles. The zero-order valence-electron chi connectivity index (χ0n) is 6.40. The molecular weight excluding hydrogens is 171 g/mol. The number of benzene rings is 1. The van der Waals surface area contributed by atoms with Crippen LogP contribution in [0.3, 0.4) is 0 Å². The van der Waals surface area contributed by atoms with E-state index in [4.69, 9.17) is 9.46 Å². The molecule has 0 aromatic heterocycles. The van der Waals surface area contributed by atoms with Crippen molar-refractivity contribution in [1.82, 2.24) is 0 Å². The van der Waals surface area contributed by atoms with Gasteiger partial charge in [-0.3, -0.25) is 0 Å². The number of hydrogen-bond acceptors (Lipinski definition) is 1. The van der Waals surface area contributed by atoms with Crippen molar-refractivity contribution in [3.63, 3.8) is 0 Å². The van der Waals surface area contributed by atoms with Crippen LogP contribution in [-0.4, -0.2) is 27.9 Å². The van der Waals surface area contributed by atoms with Gasteiger partial charge in [0, 0.05) is 0 Å². The van der Waals surface area contributed by atoms with Crippen molar-refractivity contribution in [2.75, 3.05) is 0 Å². The third-order valence-electron chi connectivity index (χ3n) is 0.607. The van der Waals surface area contributed by atoms with E-state index < -0.39 is 8.69 Å². The molecule has 0 fully saturated rings. The van der Waals surface area contributed by atoms with Gasteiger partial charge in [-0.1, -0.05) is 0 Å². The summed E-state index contributed by atoms with van der Waals surface area (Å²) in [5, 5.41) is 0. The van der Waals surface area contributed by atoms with Crippen LogP contribution in [-0.2, 0) is 4.57 Å². The van der Waals surface area contributed by atoms with Gasteiger partial charge in [-0.2, -0.15) is 36.4 Å². The maximum atomic E-state index is 8.46. The first-order chi connectivity index (χ1) is 4.41. The molecule has 0 amide bonds. The van der Waals surface area contributed by atoms with Crippen LogP contribution in [0.1, 0.15) is 0 Å². The van der Waals surface area contributed by atoms with Gasteiger partial charge < -0.3 is 12.3 Å². The molecule has 1 aromatic carbocycles. The molecule has 1 rings (SSSR count). The summed E-state index contributed by atoms with van der Waals surface area (Å²) in [7, 11) is -0.833. The number of hydrogen-bond donors (Lipinski definition) is 1. The monoisotopic (exact) mass is 180 g/mol. The summed E-state index contributed by atoms with van der Waals surface area (Å²) in [5.41, 5.74) is 0. The van der Waals surface area contributed by atoms with Crippen LogP contribution >= 0.6 is 8.69 Å². The predicted molar refractivity (Wildman–Crippen MR) is 47.3 cm³/mol. The largest absolute Gasteiger partial charge is 2.00 e. The first-order valence-corrected chi connectivity index (χ1v) is 3.06. The molecule has 1 N–H and O–H groups in total. The molecule has 0 aliphatic heterocycles. The maximum Gasteiger partial charge on any atom is 2.00 e. The molecule has 0 atom stereocenters. The zero-order valence-corrected chi connectivity index (χ0v) is 8.71. The Labute approximate surface area is 85.1 Å². The Kier molecular flexibility index (Phi) is 25.9. The molecule has 1 aromatic rings. The quantitative estimate of drug-likeness (QED) is 0.375. The molecule has 0 spiro atoms. The van der Waals surface area contributed by atoms with Crippen molar-refractivity contribution in [3.05, 3.63) is 43.8 Å². The summed E-state index contributed by atoms with van der Waals surface area (Å²) in [4.78, 5) is 6.99. The summed E-state index contributed by atoms with van der Waals surface area (Å²) in [5.74, 6) is 0. The van der Waals surface area contributed by atoms with E-state index in [0.717, 1.165) is 0 Å². The Bertz CT molecular complexity index is 120. The van der Waals surface area contributed by atoms with Crippen LogP contribution in [0.4, 0.5) is 0 Å². The molecule has 0 saturated heterocycles. The molecule has 0 aliphatic rings. The van der Waals surface area contributed by atoms with Gasteiger partial charge in [0.1, 0.15) is 0 Å². The fourth-order valence-electron chi connectivity index (χ4n) is 0.342. The Morgan fingerprint density at radius 1 is 1.18 bits per heavy atom. The molecule has 11 heavy (non-hydrogen) atoms. The van der Waals surface area contributed by atoms with Gasteiger partial charge in [0.15, 0.2) is 0 Å². The van der Waals surface area contributed by atoms with Crippen molar-refractivity contribution >= 4 is 31.7 Å². The zero-order chi connectivity index (χ0) is 6.95. The third-order valence-corrected chi connectivity index (χ3v) is 0.607. The van der Waals surface area contributed by atoms with Gasteiger partial charge in [0.05, 0.1) is 0 Å². The third kappa shape index (κ3) is 17.8. The standard InChI is InChI=1S/C6H5.CH3.Mg.HO2P/c1-2-4-6-5-3-1;;;1-3-2/h1-5H;1H3;;(H,1,2)/q2*-1;+2;. The normalized spacial score (nSPS) is 6.27. The molecule has 2 nitrogen and oxygen atoms in total. The van der Waals surface area contributed by atoms with Crippen LogP contribution in [0.2, 0.25) is 0 Å². The van der Waals surface area contributed by atoms with E-state index in [1.165, 1.54) is 0 Å². The minimum Gasteiger partial charge on any atom is -0.358 e. The molecule has 0 aliphatic carbocycles. The van der Waals surface area contributed by atoms with Crippen molar-refractivity contribution in [1.29, 1.82) is 0 Å². The second-order valence-electron chi connectivity index (χ2n) is 1.16.